The van der Waals surface area contributed by atoms with E-state index in [0.717, 1.165) is 64.2 Å². The van der Waals surface area contributed by atoms with Gasteiger partial charge in [-0.2, -0.15) is 0 Å². The Morgan fingerprint density at radius 1 is 0.348 bits per heavy atom. The third-order valence-electron chi connectivity index (χ3n) is 17.7. The van der Waals surface area contributed by atoms with E-state index in [9.17, 15) is 19.0 Å². The van der Waals surface area contributed by atoms with Gasteiger partial charge in [-0.05, 0) is 83.5 Å². The molecule has 0 aliphatic rings. The molecule has 0 aromatic carbocycles. The van der Waals surface area contributed by atoms with Crippen LogP contribution in [0.3, 0.4) is 0 Å². The smallest absolute Gasteiger partial charge is 0.306 e. The maximum atomic E-state index is 12.9. The second kappa shape index (κ2) is 72.7. The van der Waals surface area contributed by atoms with Crippen molar-refractivity contribution in [3.8, 4) is 0 Å². The number of quaternary nitrogens is 1. The highest BCUT2D eigenvalue weighted by Crippen LogP contribution is 2.38. The predicted octanol–water partition coefficient (Wildman–Crippen LogP) is 25.7. The van der Waals surface area contributed by atoms with Gasteiger partial charge in [-0.15, -0.1) is 0 Å². The van der Waals surface area contributed by atoms with Crippen LogP contribution >= 0.6 is 7.82 Å². The van der Waals surface area contributed by atoms with Crippen molar-refractivity contribution in [3.63, 3.8) is 0 Å². The van der Waals surface area contributed by atoms with E-state index in [0.29, 0.717) is 17.4 Å². The average molecular weight is 1310 g/mol. The summed E-state index contributed by atoms with van der Waals surface area (Å²) in [6.45, 7) is 4.18. The number of nitrogens with zero attached hydrogens (tertiary/aromatic N) is 1. The van der Waals surface area contributed by atoms with E-state index in [4.69, 9.17) is 18.5 Å². The highest BCUT2D eigenvalue weighted by Gasteiger charge is 2.22. The fourth-order valence-corrected chi connectivity index (χ4v) is 12.4. The third-order valence-corrected chi connectivity index (χ3v) is 18.7. The van der Waals surface area contributed by atoms with Crippen LogP contribution in [0.15, 0.2) is 72.9 Å². The molecule has 0 N–H and O–H groups in total. The molecular formula is C82H152NO8P. The molecule has 0 aromatic heterocycles. The van der Waals surface area contributed by atoms with Crippen molar-refractivity contribution in [1.82, 2.24) is 0 Å². The monoisotopic (exact) mass is 1310 g/mol. The van der Waals surface area contributed by atoms with Crippen LogP contribution in [0, 0.1) is 0 Å². The summed E-state index contributed by atoms with van der Waals surface area (Å²) in [5.74, 6) is -0.812. The molecule has 10 heteroatoms. The number of carbonyl (C=O) groups excluding carboxylic acids is 2. The Hall–Kier alpha value is -2.55. The summed E-state index contributed by atoms with van der Waals surface area (Å²) in [5.41, 5.74) is 0. The second-order valence-corrected chi connectivity index (χ2v) is 29.5. The van der Waals surface area contributed by atoms with Crippen LogP contribution in [0.4, 0.5) is 0 Å². The molecule has 0 aliphatic carbocycles. The van der Waals surface area contributed by atoms with Gasteiger partial charge < -0.3 is 27.9 Å². The number of phosphoric ester groups is 1. The van der Waals surface area contributed by atoms with Crippen LogP contribution < -0.4 is 4.89 Å². The van der Waals surface area contributed by atoms with Gasteiger partial charge in [0.15, 0.2) is 6.10 Å². The van der Waals surface area contributed by atoms with Gasteiger partial charge in [0.2, 0.25) is 0 Å². The highest BCUT2D eigenvalue weighted by atomic mass is 31.2. The van der Waals surface area contributed by atoms with Crippen LogP contribution in [0.5, 0.6) is 0 Å². The quantitative estimate of drug-likeness (QED) is 0.0195. The lowest BCUT2D eigenvalue weighted by atomic mass is 10.0. The molecule has 0 fully saturated rings. The first-order chi connectivity index (χ1) is 45.0. The summed E-state index contributed by atoms with van der Waals surface area (Å²) in [7, 11) is 1.18. The van der Waals surface area contributed by atoms with Gasteiger partial charge in [0, 0.05) is 12.8 Å². The van der Waals surface area contributed by atoms with Crippen molar-refractivity contribution in [3.05, 3.63) is 72.9 Å². The van der Waals surface area contributed by atoms with E-state index in [2.05, 4.69) is 86.8 Å². The first-order valence-electron chi connectivity index (χ1n) is 39.6. The zero-order valence-corrected chi connectivity index (χ0v) is 62.4. The number of carbonyl (C=O) groups is 2. The van der Waals surface area contributed by atoms with Gasteiger partial charge in [-0.1, -0.05) is 363 Å². The van der Waals surface area contributed by atoms with E-state index >= 15 is 0 Å². The van der Waals surface area contributed by atoms with Crippen LogP contribution in [0.25, 0.3) is 0 Å². The SMILES string of the molecule is CC/C=C\C/C=C\C/C=C\C/C=C\CCCCCCCCCCCCCCCCCCCCCCCCC(=O)OC(COC(=O)CCCCCCCCCCCCCCCCCCCCCCC/C=C\C/C=C\CCCCCCC)COP(=O)([O-])OCC[N+](C)(C)C. The van der Waals surface area contributed by atoms with Gasteiger partial charge >= 0.3 is 11.9 Å². The average Bonchev–Trinajstić information content (AvgIpc) is 2.14. The zero-order chi connectivity index (χ0) is 66.9. The molecule has 9 nitrogen and oxygen atoms in total. The predicted molar refractivity (Wildman–Crippen MR) is 397 cm³/mol. The van der Waals surface area contributed by atoms with E-state index in [1.54, 1.807) is 0 Å². The maximum Gasteiger partial charge on any atom is 0.306 e. The van der Waals surface area contributed by atoms with Gasteiger partial charge in [0.05, 0.1) is 27.7 Å². The molecule has 0 radical (unpaired) electrons. The molecule has 0 bridgehead atoms. The first-order valence-corrected chi connectivity index (χ1v) is 41.1. The lowest BCUT2D eigenvalue weighted by Crippen LogP contribution is -2.37. The minimum atomic E-state index is -4.64. The minimum Gasteiger partial charge on any atom is -0.756 e. The Kier molecular flexibility index (Phi) is 70.7. The number of hydrogen-bond acceptors (Lipinski definition) is 8. The standard InChI is InChI=1S/C82H152NO8P/c1-6-8-10-12-14-16-18-20-22-24-26-28-30-32-34-36-38-40-41-43-45-47-49-51-53-55-57-59-61-63-65-67-69-71-73-75-82(85)91-80(79-90-92(86,87)89-77-76-83(3,4)5)78-88-81(84)74-72-70-68-66-64-62-60-58-56-54-52-50-48-46-44-42-39-37-35-33-31-29-27-25-23-21-19-17-15-13-11-9-7-2/h8,10,14,16,19-22,25-28,80H,6-7,9,11-13,15,17-18,23-24,29-79H2,1-5H3/b10-8-,16-14-,21-19-,22-20-,27-25-,28-26-. The fourth-order valence-electron chi connectivity index (χ4n) is 11.7. The van der Waals surface area contributed by atoms with Crippen molar-refractivity contribution in [2.75, 3.05) is 47.5 Å². The lowest BCUT2D eigenvalue weighted by molar-refractivity contribution is -0.870. The van der Waals surface area contributed by atoms with Crippen LogP contribution in [-0.2, 0) is 32.7 Å². The van der Waals surface area contributed by atoms with E-state index in [-0.39, 0.29) is 32.0 Å². The molecule has 0 aliphatic heterocycles. The Morgan fingerprint density at radius 2 is 0.620 bits per heavy atom. The number of allylic oxidation sites excluding steroid dienone is 12. The van der Waals surface area contributed by atoms with E-state index < -0.39 is 26.5 Å². The number of rotatable bonds is 74. The van der Waals surface area contributed by atoms with Gasteiger partial charge in [-0.3, -0.25) is 14.2 Å². The molecule has 2 atom stereocenters. The maximum absolute atomic E-state index is 12.9. The second-order valence-electron chi connectivity index (χ2n) is 28.0. The number of esters is 2. The van der Waals surface area contributed by atoms with Crippen LogP contribution in [0.1, 0.15) is 386 Å². The van der Waals surface area contributed by atoms with Crippen molar-refractivity contribution in [2.45, 2.75) is 392 Å². The molecule has 92 heavy (non-hydrogen) atoms. The third kappa shape index (κ3) is 76.5. The van der Waals surface area contributed by atoms with E-state index in [1.165, 1.54) is 289 Å². The molecule has 0 saturated carbocycles. The molecule has 0 aromatic rings. The minimum absolute atomic E-state index is 0.0291. The number of phosphoric acid groups is 1. The normalized spacial score (nSPS) is 13.4. The molecule has 0 saturated heterocycles. The molecule has 0 spiro atoms. The largest absolute Gasteiger partial charge is 0.756 e. The highest BCUT2D eigenvalue weighted by molar-refractivity contribution is 7.45. The van der Waals surface area contributed by atoms with Crippen molar-refractivity contribution in [1.29, 1.82) is 0 Å². The number of ether oxygens (including phenoxy) is 2. The molecular weight excluding hydrogens is 1160 g/mol. The Balaban J connectivity index is 3.92. The first kappa shape index (κ1) is 89.5. The van der Waals surface area contributed by atoms with E-state index in [1.807, 2.05) is 21.1 Å². The summed E-state index contributed by atoms with van der Waals surface area (Å²) >= 11 is 0. The lowest BCUT2D eigenvalue weighted by Gasteiger charge is -2.28. The fraction of sp³-hybridized carbons (Fsp3) is 0.829. The number of unbranched alkanes of at least 4 members (excludes halogenated alkanes) is 48. The summed E-state index contributed by atoms with van der Waals surface area (Å²) in [6.07, 6.45) is 98.8. The van der Waals surface area contributed by atoms with Crippen molar-refractivity contribution >= 4 is 19.8 Å². The number of likely N-dealkylation sites (N-methyl/N-ethyl adjacent to an activating group) is 1. The Bertz CT molecular complexity index is 1780. The topological polar surface area (TPSA) is 111 Å². The van der Waals surface area contributed by atoms with Crippen molar-refractivity contribution < 1.29 is 42.1 Å². The van der Waals surface area contributed by atoms with Crippen molar-refractivity contribution in [2.24, 2.45) is 0 Å². The van der Waals surface area contributed by atoms with Gasteiger partial charge in [-0.25, -0.2) is 0 Å². The molecule has 538 valence electrons. The molecule has 0 rings (SSSR count). The molecule has 2 unspecified atom stereocenters. The van der Waals surface area contributed by atoms with Gasteiger partial charge in [0.25, 0.3) is 7.82 Å². The van der Waals surface area contributed by atoms with Gasteiger partial charge in [0.1, 0.15) is 19.8 Å². The summed E-state index contributed by atoms with van der Waals surface area (Å²) < 4.78 is 34.4. The Labute approximate surface area is 571 Å². The molecule has 0 heterocycles. The molecule has 0 amide bonds. The Morgan fingerprint density at radius 3 is 0.924 bits per heavy atom. The number of hydrogen-bond donors (Lipinski definition) is 0. The zero-order valence-electron chi connectivity index (χ0n) is 61.5. The van der Waals surface area contributed by atoms with Crippen LogP contribution in [0.2, 0.25) is 0 Å². The summed E-state index contributed by atoms with van der Waals surface area (Å²) in [6, 6.07) is 0. The summed E-state index contributed by atoms with van der Waals surface area (Å²) in [4.78, 5) is 38.2. The van der Waals surface area contributed by atoms with Crippen LogP contribution in [-0.4, -0.2) is 70.0 Å². The summed E-state index contributed by atoms with van der Waals surface area (Å²) in [5, 5.41) is 0.